The molecular weight excluding hydrogens is 246 g/mol. The lowest BCUT2D eigenvalue weighted by Crippen LogP contribution is -2.54. The van der Waals surface area contributed by atoms with E-state index >= 15 is 0 Å². The molecule has 0 aromatic rings. The summed E-state index contributed by atoms with van der Waals surface area (Å²) in [6.07, 6.45) is 1.98. The first kappa shape index (κ1) is 14.1. The fourth-order valence-electron chi connectivity index (χ4n) is 3.25. The number of carbonyl (C=O) groups is 1. The highest BCUT2D eigenvalue weighted by Crippen LogP contribution is 2.36. The predicted molar refractivity (Wildman–Crippen MR) is 70.9 cm³/mol. The van der Waals surface area contributed by atoms with Crippen LogP contribution in [0, 0.1) is 11.3 Å². The molecule has 2 fully saturated rings. The molecule has 2 unspecified atom stereocenters. The minimum Gasteiger partial charge on any atom is -0.409 e. The summed E-state index contributed by atoms with van der Waals surface area (Å²) >= 11 is 0. The van der Waals surface area contributed by atoms with Gasteiger partial charge in [0, 0.05) is 25.8 Å². The molecule has 0 aromatic heterocycles. The Morgan fingerprint density at radius 3 is 2.53 bits per heavy atom. The lowest BCUT2D eigenvalue weighted by Gasteiger charge is -2.38. The number of amidine groups is 1. The maximum Gasteiger partial charge on any atom is 0.236 e. The highest BCUT2D eigenvalue weighted by atomic mass is 16.5. The van der Waals surface area contributed by atoms with Gasteiger partial charge < -0.3 is 20.6 Å². The van der Waals surface area contributed by atoms with E-state index < -0.39 is 5.41 Å². The molecule has 6 heteroatoms. The summed E-state index contributed by atoms with van der Waals surface area (Å²) in [5.41, 5.74) is 4.94. The third kappa shape index (κ3) is 2.41. The Labute approximate surface area is 113 Å². The van der Waals surface area contributed by atoms with Gasteiger partial charge in [-0.2, -0.15) is 0 Å². The number of ether oxygens (including phenoxy) is 1. The van der Waals surface area contributed by atoms with E-state index in [2.05, 4.69) is 19.0 Å². The lowest BCUT2D eigenvalue weighted by molar-refractivity contribution is -0.143. The number of amides is 1. The van der Waals surface area contributed by atoms with Crippen LogP contribution in [0.2, 0.25) is 0 Å². The number of hydrogen-bond donors (Lipinski definition) is 2. The second-order valence-corrected chi connectivity index (χ2v) is 5.83. The van der Waals surface area contributed by atoms with Gasteiger partial charge in [0.15, 0.2) is 5.84 Å². The van der Waals surface area contributed by atoms with Crippen LogP contribution in [0.5, 0.6) is 0 Å². The van der Waals surface area contributed by atoms with Crippen LogP contribution in [0.15, 0.2) is 5.16 Å². The summed E-state index contributed by atoms with van der Waals surface area (Å²) < 4.78 is 5.32. The van der Waals surface area contributed by atoms with Crippen LogP contribution in [-0.4, -0.2) is 47.7 Å². The normalized spacial score (nSPS) is 31.5. The first-order valence-corrected chi connectivity index (χ1v) is 6.88. The molecule has 1 amide bonds. The van der Waals surface area contributed by atoms with E-state index in [9.17, 15) is 4.79 Å². The van der Waals surface area contributed by atoms with Crippen LogP contribution >= 0.6 is 0 Å². The fourth-order valence-corrected chi connectivity index (χ4v) is 3.25. The highest BCUT2D eigenvalue weighted by Gasteiger charge is 2.48. The largest absolute Gasteiger partial charge is 0.409 e. The van der Waals surface area contributed by atoms with E-state index in [1.807, 2.05) is 4.90 Å². The molecule has 6 nitrogen and oxygen atoms in total. The maximum atomic E-state index is 12.9. The van der Waals surface area contributed by atoms with E-state index in [4.69, 9.17) is 15.7 Å². The highest BCUT2D eigenvalue weighted by molar-refractivity contribution is 6.07. The zero-order chi connectivity index (χ0) is 14.0. The molecule has 108 valence electrons. The Hall–Kier alpha value is -1.30. The topological polar surface area (TPSA) is 88.2 Å². The monoisotopic (exact) mass is 269 g/mol. The number of carbonyl (C=O) groups excluding carboxylic acids is 1. The van der Waals surface area contributed by atoms with Crippen molar-refractivity contribution in [3.05, 3.63) is 0 Å². The summed E-state index contributed by atoms with van der Waals surface area (Å²) in [7, 11) is 0. The van der Waals surface area contributed by atoms with E-state index in [1.54, 1.807) is 0 Å². The van der Waals surface area contributed by atoms with Gasteiger partial charge in [-0.1, -0.05) is 12.1 Å². The van der Waals surface area contributed by atoms with Crippen molar-refractivity contribution in [1.29, 1.82) is 0 Å². The summed E-state index contributed by atoms with van der Waals surface area (Å²) in [5, 5.41) is 12.1. The molecule has 2 aliphatic rings. The zero-order valence-electron chi connectivity index (χ0n) is 11.6. The van der Waals surface area contributed by atoms with Gasteiger partial charge in [0.25, 0.3) is 0 Å². The standard InChI is InChI=1S/C13H23N3O3/c1-9-7-10(2)16(8-9)12(17)13(11(14)15-18)3-5-19-6-4-13/h9-10,18H,3-8H2,1-2H3,(H2,14,15). The molecule has 3 N–H and O–H groups in total. The second kappa shape index (κ2) is 5.36. The van der Waals surface area contributed by atoms with Crippen molar-refractivity contribution in [1.82, 2.24) is 4.90 Å². The molecular formula is C13H23N3O3. The van der Waals surface area contributed by atoms with Gasteiger partial charge in [-0.3, -0.25) is 4.79 Å². The maximum absolute atomic E-state index is 12.9. The van der Waals surface area contributed by atoms with Gasteiger partial charge in [-0.15, -0.1) is 0 Å². The van der Waals surface area contributed by atoms with Crippen molar-refractivity contribution in [2.45, 2.75) is 39.2 Å². The smallest absolute Gasteiger partial charge is 0.236 e. The molecule has 2 rings (SSSR count). The Morgan fingerprint density at radius 2 is 2.05 bits per heavy atom. The Balaban J connectivity index is 2.26. The Bertz CT molecular complexity index is 377. The average Bonchev–Trinajstić information content (AvgIpc) is 2.76. The van der Waals surface area contributed by atoms with Gasteiger partial charge in [-0.05, 0) is 32.1 Å². The summed E-state index contributed by atoms with van der Waals surface area (Å²) in [4.78, 5) is 14.8. The van der Waals surface area contributed by atoms with Gasteiger partial charge >= 0.3 is 0 Å². The molecule has 0 saturated carbocycles. The average molecular weight is 269 g/mol. The third-order valence-electron chi connectivity index (χ3n) is 4.40. The minimum absolute atomic E-state index is 0.0112. The van der Waals surface area contributed by atoms with E-state index in [0.29, 0.717) is 32.0 Å². The van der Waals surface area contributed by atoms with Gasteiger partial charge in [0.1, 0.15) is 5.41 Å². The van der Waals surface area contributed by atoms with Crippen molar-refractivity contribution in [3.63, 3.8) is 0 Å². The first-order chi connectivity index (χ1) is 9.01. The van der Waals surface area contributed by atoms with Crippen LogP contribution in [0.1, 0.15) is 33.1 Å². The van der Waals surface area contributed by atoms with Crippen LogP contribution in [0.25, 0.3) is 0 Å². The Kier molecular flexibility index (Phi) is 3.99. The van der Waals surface area contributed by atoms with Crippen molar-refractivity contribution in [2.24, 2.45) is 22.2 Å². The predicted octanol–water partition coefficient (Wildman–Crippen LogP) is 0.786. The zero-order valence-corrected chi connectivity index (χ0v) is 11.6. The Morgan fingerprint density at radius 1 is 1.42 bits per heavy atom. The van der Waals surface area contributed by atoms with Crippen molar-refractivity contribution in [2.75, 3.05) is 19.8 Å². The SMILES string of the molecule is CC1CC(C)N(C(=O)C2(C(N)=NO)CCOCC2)C1. The number of likely N-dealkylation sites (tertiary alicyclic amines) is 1. The van der Waals surface area contributed by atoms with E-state index in [1.165, 1.54) is 0 Å². The van der Waals surface area contributed by atoms with Crippen LogP contribution in [0.3, 0.4) is 0 Å². The van der Waals surface area contributed by atoms with Crippen LogP contribution in [0.4, 0.5) is 0 Å². The number of nitrogens with two attached hydrogens (primary N) is 1. The van der Waals surface area contributed by atoms with E-state index in [0.717, 1.165) is 13.0 Å². The molecule has 0 aliphatic carbocycles. The summed E-state index contributed by atoms with van der Waals surface area (Å²) in [5.74, 6) is 0.513. The molecule has 0 aromatic carbocycles. The molecule has 0 bridgehead atoms. The van der Waals surface area contributed by atoms with Gasteiger partial charge in [0.2, 0.25) is 5.91 Å². The molecule has 2 atom stereocenters. The lowest BCUT2D eigenvalue weighted by atomic mass is 9.77. The number of rotatable bonds is 2. The number of oxime groups is 1. The molecule has 19 heavy (non-hydrogen) atoms. The third-order valence-corrected chi connectivity index (χ3v) is 4.40. The number of nitrogens with zero attached hydrogens (tertiary/aromatic N) is 2. The summed E-state index contributed by atoms with van der Waals surface area (Å²) in [6, 6.07) is 0.216. The summed E-state index contributed by atoms with van der Waals surface area (Å²) in [6.45, 7) is 5.89. The van der Waals surface area contributed by atoms with E-state index in [-0.39, 0.29) is 17.8 Å². The molecule has 0 radical (unpaired) electrons. The first-order valence-electron chi connectivity index (χ1n) is 6.88. The molecule has 2 aliphatic heterocycles. The van der Waals surface area contributed by atoms with Crippen LogP contribution in [-0.2, 0) is 9.53 Å². The fraction of sp³-hybridized carbons (Fsp3) is 0.846. The molecule has 2 saturated heterocycles. The number of hydrogen-bond acceptors (Lipinski definition) is 4. The molecule has 2 heterocycles. The van der Waals surface area contributed by atoms with Crippen LogP contribution < -0.4 is 5.73 Å². The second-order valence-electron chi connectivity index (χ2n) is 5.83. The molecule has 0 spiro atoms. The van der Waals surface area contributed by atoms with Crippen molar-refractivity contribution >= 4 is 11.7 Å². The van der Waals surface area contributed by atoms with Gasteiger partial charge in [-0.25, -0.2) is 0 Å². The quantitative estimate of drug-likeness (QED) is 0.336. The van der Waals surface area contributed by atoms with Gasteiger partial charge in [0.05, 0.1) is 0 Å². The van der Waals surface area contributed by atoms with Crippen molar-refractivity contribution < 1.29 is 14.7 Å². The minimum atomic E-state index is -0.884. The van der Waals surface area contributed by atoms with Crippen molar-refractivity contribution in [3.8, 4) is 0 Å².